The molecule has 0 aromatic heterocycles. The van der Waals surface area contributed by atoms with E-state index in [1.165, 1.54) is 22.3 Å². The lowest BCUT2D eigenvalue weighted by atomic mass is 9.87. The molecule has 0 unspecified atom stereocenters. The minimum Gasteiger partial charge on any atom is -0.498 e. The van der Waals surface area contributed by atoms with Crippen molar-refractivity contribution >= 4 is 0 Å². The maximum absolute atomic E-state index is 10.7. The third-order valence-corrected chi connectivity index (χ3v) is 5.20. The summed E-state index contributed by atoms with van der Waals surface area (Å²) in [5, 5.41) is 27.0. The summed E-state index contributed by atoms with van der Waals surface area (Å²) in [4.78, 5) is 0. The second-order valence-corrected chi connectivity index (χ2v) is 6.88. The third kappa shape index (κ3) is 3.65. The average molecular weight is 348 g/mol. The Hall–Kier alpha value is -2.98. The first-order valence-corrected chi connectivity index (χ1v) is 8.67. The highest BCUT2D eigenvalue weighted by molar-refractivity contribution is 5.54. The third-order valence-electron chi connectivity index (χ3n) is 5.20. The van der Waals surface area contributed by atoms with Gasteiger partial charge >= 0.3 is 12.1 Å². The molecule has 134 valence electrons. The molecule has 0 amide bonds. The lowest BCUT2D eigenvalue weighted by molar-refractivity contribution is 0.913. The van der Waals surface area contributed by atoms with Crippen LogP contribution in [0.1, 0.15) is 55.6 Å². The number of hydrogen-bond acceptors (Lipinski definition) is 2. The van der Waals surface area contributed by atoms with Gasteiger partial charge in [0.1, 0.15) is 11.1 Å². The maximum Gasteiger partial charge on any atom is 0.337 e. The van der Waals surface area contributed by atoms with Crippen LogP contribution in [0.25, 0.3) is 10.0 Å². The smallest absolute Gasteiger partial charge is 0.337 e. The highest BCUT2D eigenvalue weighted by Crippen LogP contribution is 2.27. The van der Waals surface area contributed by atoms with E-state index in [9.17, 15) is 10.4 Å². The van der Waals surface area contributed by atoms with Gasteiger partial charge in [-0.25, -0.2) is 0 Å². The summed E-state index contributed by atoms with van der Waals surface area (Å²) in [5.41, 5.74) is 10.5. The highest BCUT2D eigenvalue weighted by atomic mass is 16.4. The summed E-state index contributed by atoms with van der Waals surface area (Å²) in [6, 6.07) is 9.31. The van der Waals surface area contributed by atoms with Crippen LogP contribution in [0.4, 0.5) is 0 Å². The zero-order chi connectivity index (χ0) is 19.4. The molecule has 0 saturated heterocycles. The van der Waals surface area contributed by atoms with E-state index in [-0.39, 0.29) is 0 Å². The molecule has 0 fully saturated rings. The van der Waals surface area contributed by atoms with Crippen molar-refractivity contribution in [2.45, 2.75) is 54.4 Å². The van der Waals surface area contributed by atoms with Crippen LogP contribution in [-0.2, 0) is 12.8 Å². The van der Waals surface area contributed by atoms with Gasteiger partial charge in [-0.15, -0.1) is 0 Å². The molecule has 0 atom stereocenters. The number of benzene rings is 2. The molecule has 0 aliphatic rings. The number of nitrogens with zero attached hydrogens (tertiary/aromatic N) is 2. The van der Waals surface area contributed by atoms with Crippen molar-refractivity contribution in [3.63, 3.8) is 0 Å². The largest absolute Gasteiger partial charge is 0.498 e. The Morgan fingerprint density at radius 1 is 0.654 bits per heavy atom. The van der Waals surface area contributed by atoms with Gasteiger partial charge in [-0.3, -0.25) is 0 Å². The van der Waals surface area contributed by atoms with Crippen LogP contribution in [0.3, 0.4) is 0 Å². The van der Waals surface area contributed by atoms with E-state index in [1.54, 1.807) is 0 Å². The lowest BCUT2D eigenvalue weighted by Crippen LogP contribution is -2.05. The topological polar surface area (TPSA) is 54.8 Å². The average Bonchev–Trinajstić information content (AvgIpc) is 2.57. The van der Waals surface area contributed by atoms with E-state index in [0.29, 0.717) is 0 Å². The van der Waals surface area contributed by atoms with Gasteiger partial charge in [-0.2, -0.15) is 0 Å². The normalized spacial score (nSPS) is 9.92. The molecule has 0 heterocycles. The predicted molar refractivity (Wildman–Crippen MR) is 108 cm³/mol. The van der Waals surface area contributed by atoms with E-state index in [1.807, 2.05) is 27.7 Å². The van der Waals surface area contributed by atoms with Gasteiger partial charge in [-0.05, 0) is 98.9 Å². The fraction of sp³-hybridized carbons (Fsp3) is 0.364. The zero-order valence-electron chi connectivity index (χ0n) is 16.3. The van der Waals surface area contributed by atoms with Crippen molar-refractivity contribution < 1.29 is 0 Å². The second-order valence-electron chi connectivity index (χ2n) is 6.88. The van der Waals surface area contributed by atoms with Crippen LogP contribution in [0, 0.1) is 64.1 Å². The quantitative estimate of drug-likeness (QED) is 0.670. The first-order chi connectivity index (χ1) is 12.3. The molecule has 0 N–H and O–H groups in total. The van der Waals surface area contributed by atoms with Crippen molar-refractivity contribution in [3.8, 4) is 12.1 Å². The Bertz CT molecular complexity index is 902. The molecule has 0 radical (unpaired) electrons. The van der Waals surface area contributed by atoms with Crippen LogP contribution in [-0.4, -0.2) is 0 Å². The first-order valence-electron chi connectivity index (χ1n) is 8.67. The van der Waals surface area contributed by atoms with Gasteiger partial charge in [0.15, 0.2) is 0 Å². The molecule has 0 saturated carbocycles. The first kappa shape index (κ1) is 19.3. The fourth-order valence-corrected chi connectivity index (χ4v) is 3.91. The standard InChI is InChI=1S/C22H24N2O2/c1-13-9-15(3)21(11-23-25)17(5)19(13)7-8-20-14(2)10-16(4)22(12-24-26)18(20)6/h9-10H,7-8H2,1-6H3. The minimum atomic E-state index is 0.783. The Kier molecular flexibility index (Phi) is 5.90. The van der Waals surface area contributed by atoms with E-state index < -0.39 is 0 Å². The summed E-state index contributed by atoms with van der Waals surface area (Å²) in [6.07, 6.45) is 1.67. The van der Waals surface area contributed by atoms with E-state index in [2.05, 4.69) is 48.1 Å². The molecular weight excluding hydrogens is 324 g/mol. The Balaban J connectivity index is 2.47. The van der Waals surface area contributed by atoms with Crippen molar-refractivity contribution in [2.24, 2.45) is 0 Å². The van der Waals surface area contributed by atoms with Crippen molar-refractivity contribution in [1.82, 2.24) is 0 Å². The van der Waals surface area contributed by atoms with Crippen molar-refractivity contribution in [3.05, 3.63) is 88.2 Å². The van der Waals surface area contributed by atoms with Gasteiger partial charge in [0, 0.05) is 10.0 Å². The van der Waals surface area contributed by atoms with Crippen LogP contribution in [0.15, 0.2) is 12.1 Å². The number of rotatable bonds is 3. The van der Waals surface area contributed by atoms with Gasteiger partial charge in [0.05, 0.1) is 0 Å². The molecule has 0 aliphatic carbocycles. The molecule has 2 aromatic carbocycles. The molecule has 0 bridgehead atoms. The number of hydrogen-bond donors (Lipinski definition) is 0. The Morgan fingerprint density at radius 2 is 1.00 bits per heavy atom. The SMILES string of the molecule is Cc1cc(C)c(CCc2c(C)cc(C)c(C#[N+][O-])c2C)c(C)c1C#[N+][O-]. The lowest BCUT2D eigenvalue weighted by Gasteiger charge is -2.16. The van der Waals surface area contributed by atoms with E-state index in [4.69, 9.17) is 0 Å². The summed E-state index contributed by atoms with van der Waals surface area (Å²) < 4.78 is 0. The van der Waals surface area contributed by atoms with Gasteiger partial charge in [0.2, 0.25) is 0 Å². The number of aryl methyl sites for hydroxylation is 4. The van der Waals surface area contributed by atoms with E-state index >= 15 is 0 Å². The van der Waals surface area contributed by atoms with Crippen molar-refractivity contribution in [1.29, 1.82) is 0 Å². The summed E-state index contributed by atoms with van der Waals surface area (Å²) in [5.74, 6) is 0. The molecule has 4 heteroatoms. The Labute approximate surface area is 155 Å². The molecule has 26 heavy (non-hydrogen) atoms. The molecule has 0 aliphatic heterocycles. The van der Waals surface area contributed by atoms with Gasteiger partial charge in [0.25, 0.3) is 0 Å². The molecule has 2 aromatic rings. The molecular formula is C22H24N2O2. The molecule has 4 nitrogen and oxygen atoms in total. The Morgan fingerprint density at radius 3 is 1.31 bits per heavy atom. The monoisotopic (exact) mass is 348 g/mol. The summed E-state index contributed by atoms with van der Waals surface area (Å²) in [7, 11) is 0. The van der Waals surface area contributed by atoms with Crippen molar-refractivity contribution in [2.75, 3.05) is 0 Å². The zero-order valence-corrected chi connectivity index (χ0v) is 16.3. The summed E-state index contributed by atoms with van der Waals surface area (Å²) >= 11 is 0. The van der Waals surface area contributed by atoms with E-state index in [0.717, 1.165) is 46.2 Å². The van der Waals surface area contributed by atoms with Gasteiger partial charge < -0.3 is 10.4 Å². The highest BCUT2D eigenvalue weighted by Gasteiger charge is 2.16. The van der Waals surface area contributed by atoms with Crippen LogP contribution in [0.5, 0.6) is 0 Å². The molecule has 2 rings (SSSR count). The van der Waals surface area contributed by atoms with Crippen LogP contribution < -0.4 is 0 Å². The van der Waals surface area contributed by atoms with Crippen LogP contribution >= 0.6 is 0 Å². The molecule has 0 spiro atoms. The van der Waals surface area contributed by atoms with Gasteiger partial charge in [-0.1, -0.05) is 12.1 Å². The summed E-state index contributed by atoms with van der Waals surface area (Å²) in [6.45, 7) is 12.1. The van der Waals surface area contributed by atoms with Crippen LogP contribution in [0.2, 0.25) is 0 Å². The maximum atomic E-state index is 10.7. The minimum absolute atomic E-state index is 0.783. The second kappa shape index (κ2) is 7.93. The predicted octanol–water partition coefficient (Wildman–Crippen LogP) is 5.68. The fourth-order valence-electron chi connectivity index (χ4n) is 3.91.